The summed E-state index contributed by atoms with van der Waals surface area (Å²) in [7, 11) is -3.76. The summed E-state index contributed by atoms with van der Waals surface area (Å²) in [4.78, 5) is 11.9. The van der Waals surface area contributed by atoms with Gasteiger partial charge in [-0.15, -0.1) is 0 Å². The first-order valence-electron chi connectivity index (χ1n) is 7.71. The first-order valence-corrected chi connectivity index (χ1v) is 9.57. The number of fused-ring (bicyclic) bond motifs is 1. The molecule has 130 valence electrons. The molecule has 3 heterocycles. The third kappa shape index (κ3) is 3.14. The summed E-state index contributed by atoms with van der Waals surface area (Å²) in [5, 5.41) is 0.0657. The number of hydrogen-bond donors (Lipinski definition) is 2. The van der Waals surface area contributed by atoms with Gasteiger partial charge in [-0.3, -0.25) is 4.72 Å². The second-order valence-corrected chi connectivity index (χ2v) is 7.63. The van der Waals surface area contributed by atoms with Gasteiger partial charge in [-0.2, -0.15) is 0 Å². The first kappa shape index (κ1) is 16.6. The van der Waals surface area contributed by atoms with Crippen molar-refractivity contribution in [3.8, 4) is 11.3 Å². The number of aromatic nitrogens is 3. The Balaban J connectivity index is 1.72. The molecule has 0 atom stereocenters. The van der Waals surface area contributed by atoms with Crippen molar-refractivity contribution in [2.24, 2.45) is 0 Å². The van der Waals surface area contributed by atoms with E-state index in [0.717, 1.165) is 11.0 Å². The number of aromatic amines is 1. The Morgan fingerprint density at radius 2 is 1.85 bits per heavy atom. The number of benzene rings is 1. The smallest absolute Gasteiger partial charge is 0.261 e. The van der Waals surface area contributed by atoms with E-state index in [1.807, 2.05) is 18.2 Å². The van der Waals surface area contributed by atoms with E-state index < -0.39 is 10.0 Å². The van der Waals surface area contributed by atoms with Crippen molar-refractivity contribution in [3.05, 3.63) is 72.1 Å². The van der Waals surface area contributed by atoms with Crippen LogP contribution >= 0.6 is 11.6 Å². The van der Waals surface area contributed by atoms with E-state index in [2.05, 4.69) is 19.7 Å². The summed E-state index contributed by atoms with van der Waals surface area (Å²) >= 11 is 6.09. The number of nitrogens with zero attached hydrogens (tertiary/aromatic N) is 2. The quantitative estimate of drug-likeness (QED) is 0.519. The molecule has 0 aliphatic heterocycles. The zero-order valence-electron chi connectivity index (χ0n) is 13.3. The molecule has 0 amide bonds. The zero-order valence-corrected chi connectivity index (χ0v) is 14.9. The van der Waals surface area contributed by atoms with E-state index in [0.29, 0.717) is 11.3 Å². The Morgan fingerprint density at radius 1 is 1.04 bits per heavy atom. The zero-order chi connectivity index (χ0) is 18.1. The van der Waals surface area contributed by atoms with Crippen LogP contribution < -0.4 is 4.72 Å². The van der Waals surface area contributed by atoms with Crippen LogP contribution in [-0.4, -0.2) is 23.4 Å². The maximum Gasteiger partial charge on any atom is 0.261 e. The summed E-state index contributed by atoms with van der Waals surface area (Å²) in [6.45, 7) is 0. The van der Waals surface area contributed by atoms with Crippen LogP contribution in [0.5, 0.6) is 0 Å². The maximum atomic E-state index is 12.5. The molecule has 0 saturated heterocycles. The lowest BCUT2D eigenvalue weighted by Crippen LogP contribution is -2.13. The van der Waals surface area contributed by atoms with E-state index in [1.54, 1.807) is 36.7 Å². The van der Waals surface area contributed by atoms with Gasteiger partial charge in [0.2, 0.25) is 0 Å². The molecule has 4 aromatic rings. The highest BCUT2D eigenvalue weighted by molar-refractivity contribution is 7.92. The van der Waals surface area contributed by atoms with Gasteiger partial charge in [-0.1, -0.05) is 29.8 Å². The molecule has 0 unspecified atom stereocenters. The van der Waals surface area contributed by atoms with Crippen molar-refractivity contribution in [2.75, 3.05) is 4.72 Å². The summed E-state index contributed by atoms with van der Waals surface area (Å²) in [5.41, 5.74) is 3.25. The minimum atomic E-state index is -3.76. The largest absolute Gasteiger partial charge is 0.360 e. The van der Waals surface area contributed by atoms with Crippen LogP contribution in [0.25, 0.3) is 22.3 Å². The molecule has 0 aliphatic rings. The van der Waals surface area contributed by atoms with Gasteiger partial charge < -0.3 is 4.98 Å². The molecule has 0 saturated carbocycles. The number of rotatable bonds is 4. The van der Waals surface area contributed by atoms with Crippen molar-refractivity contribution in [3.63, 3.8) is 0 Å². The number of halogens is 1. The van der Waals surface area contributed by atoms with E-state index in [-0.39, 0.29) is 15.7 Å². The molecule has 0 bridgehead atoms. The standard InChI is InChI=1S/C18H13ClN4O2S/c19-18-17(23-26(24,25)13-4-2-1-3-5-13)10-12(11-21-18)14-6-7-15-16(22-14)8-9-20-15/h1-11,20,23H. The molecule has 1 aromatic carbocycles. The molecule has 4 rings (SSSR count). The lowest BCUT2D eigenvalue weighted by molar-refractivity contribution is 0.601. The fourth-order valence-corrected chi connectivity index (χ4v) is 3.84. The fraction of sp³-hybridized carbons (Fsp3) is 0. The van der Waals surface area contributed by atoms with Crippen LogP contribution in [0.2, 0.25) is 5.15 Å². The lowest BCUT2D eigenvalue weighted by atomic mass is 10.2. The van der Waals surface area contributed by atoms with Crippen LogP contribution in [-0.2, 0) is 10.0 Å². The lowest BCUT2D eigenvalue weighted by Gasteiger charge is -2.10. The summed E-state index contributed by atoms with van der Waals surface area (Å²) in [6, 6.07) is 15.3. The Morgan fingerprint density at radius 3 is 2.65 bits per heavy atom. The van der Waals surface area contributed by atoms with Crippen LogP contribution in [0.3, 0.4) is 0 Å². The Hall–Kier alpha value is -2.90. The number of nitrogens with one attached hydrogen (secondary N) is 2. The molecular formula is C18H13ClN4O2S. The number of hydrogen-bond acceptors (Lipinski definition) is 4. The van der Waals surface area contributed by atoms with Crippen molar-refractivity contribution < 1.29 is 8.42 Å². The Bertz CT molecular complexity index is 1190. The van der Waals surface area contributed by atoms with Crippen LogP contribution in [0.1, 0.15) is 0 Å². The molecule has 2 N–H and O–H groups in total. The van der Waals surface area contributed by atoms with E-state index in [4.69, 9.17) is 11.6 Å². The molecule has 0 radical (unpaired) electrons. The van der Waals surface area contributed by atoms with E-state index in [1.165, 1.54) is 12.1 Å². The number of anilines is 1. The minimum absolute atomic E-state index is 0.0657. The predicted molar refractivity (Wildman–Crippen MR) is 102 cm³/mol. The van der Waals surface area contributed by atoms with Crippen molar-refractivity contribution in [1.82, 2.24) is 15.0 Å². The van der Waals surface area contributed by atoms with Crippen molar-refractivity contribution in [2.45, 2.75) is 4.90 Å². The molecule has 0 fully saturated rings. The summed E-state index contributed by atoms with van der Waals surface area (Å²) < 4.78 is 27.5. The monoisotopic (exact) mass is 384 g/mol. The second-order valence-electron chi connectivity index (χ2n) is 5.59. The number of pyridine rings is 2. The second kappa shape index (κ2) is 6.44. The van der Waals surface area contributed by atoms with Gasteiger partial charge in [0.1, 0.15) is 0 Å². The highest BCUT2D eigenvalue weighted by atomic mass is 35.5. The third-order valence-electron chi connectivity index (χ3n) is 3.84. The van der Waals surface area contributed by atoms with Crippen LogP contribution in [0.4, 0.5) is 5.69 Å². The molecule has 3 aromatic heterocycles. The van der Waals surface area contributed by atoms with E-state index >= 15 is 0 Å². The normalized spacial score (nSPS) is 11.6. The molecule has 6 nitrogen and oxygen atoms in total. The van der Waals surface area contributed by atoms with Crippen molar-refractivity contribution >= 4 is 38.3 Å². The van der Waals surface area contributed by atoms with Gasteiger partial charge in [-0.05, 0) is 36.4 Å². The molecule has 8 heteroatoms. The first-order chi connectivity index (χ1) is 12.5. The van der Waals surface area contributed by atoms with Gasteiger partial charge in [0.05, 0.1) is 27.3 Å². The number of sulfonamides is 1. The number of H-pyrrole nitrogens is 1. The van der Waals surface area contributed by atoms with Crippen molar-refractivity contribution in [1.29, 1.82) is 0 Å². The SMILES string of the molecule is O=S(=O)(Nc1cc(-c2ccc3[nH]ccc3n2)cnc1Cl)c1ccccc1. The van der Waals surface area contributed by atoms with Gasteiger partial charge in [0, 0.05) is 18.0 Å². The predicted octanol–water partition coefficient (Wildman–Crippen LogP) is 4.08. The third-order valence-corrected chi connectivity index (χ3v) is 5.52. The average molecular weight is 385 g/mol. The fourth-order valence-electron chi connectivity index (χ4n) is 2.56. The van der Waals surface area contributed by atoms with Gasteiger partial charge in [0.25, 0.3) is 10.0 Å². The Kier molecular flexibility index (Phi) is 4.10. The highest BCUT2D eigenvalue weighted by Crippen LogP contribution is 2.28. The van der Waals surface area contributed by atoms with Gasteiger partial charge in [-0.25, -0.2) is 18.4 Å². The maximum absolute atomic E-state index is 12.5. The highest BCUT2D eigenvalue weighted by Gasteiger charge is 2.17. The average Bonchev–Trinajstić information content (AvgIpc) is 3.12. The summed E-state index contributed by atoms with van der Waals surface area (Å²) in [6.07, 6.45) is 3.37. The topological polar surface area (TPSA) is 87.7 Å². The minimum Gasteiger partial charge on any atom is -0.360 e. The van der Waals surface area contributed by atoms with Gasteiger partial charge in [0.15, 0.2) is 5.15 Å². The molecule has 0 spiro atoms. The van der Waals surface area contributed by atoms with Crippen LogP contribution in [0, 0.1) is 0 Å². The molecule has 26 heavy (non-hydrogen) atoms. The molecule has 0 aliphatic carbocycles. The van der Waals surface area contributed by atoms with E-state index in [9.17, 15) is 8.42 Å². The molecular weight excluding hydrogens is 372 g/mol. The summed E-state index contributed by atoms with van der Waals surface area (Å²) in [5.74, 6) is 0. The van der Waals surface area contributed by atoms with Gasteiger partial charge >= 0.3 is 0 Å². The van der Waals surface area contributed by atoms with Crippen LogP contribution in [0.15, 0.2) is 71.9 Å². The Labute approximate surface area is 154 Å².